The van der Waals surface area contributed by atoms with Gasteiger partial charge in [0.25, 0.3) is 0 Å². The predicted octanol–water partition coefficient (Wildman–Crippen LogP) is -0.0126. The molecule has 0 unspecified atom stereocenters. The molecule has 3 heteroatoms. The molecule has 0 radical (unpaired) electrons. The number of aryl methyl sites for hydroxylation is 1. The summed E-state index contributed by atoms with van der Waals surface area (Å²) in [5, 5.41) is 0. The van der Waals surface area contributed by atoms with Crippen molar-refractivity contribution in [2.24, 2.45) is 0 Å². The largest absolute Gasteiger partial charge is 2.00 e. The van der Waals surface area contributed by atoms with E-state index in [0.29, 0.717) is 0 Å². The van der Waals surface area contributed by atoms with E-state index in [-0.39, 0.29) is 40.0 Å². The molecule has 0 aliphatic carbocycles. The van der Waals surface area contributed by atoms with E-state index in [1.54, 1.807) is 0 Å². The zero-order valence-electron chi connectivity index (χ0n) is 9.55. The first-order valence-corrected chi connectivity index (χ1v) is 4.94. The standard InChI is InChI=1S/C12H17O.BrH.Mg/c1-3-4-5-9-13-12-8-6-7-11(2)10-12;;/h6,8,10H,3-5,9H2,1-2H3;1H;/q-1;;+2/p-1. The van der Waals surface area contributed by atoms with Crippen molar-refractivity contribution in [3.05, 3.63) is 29.8 Å². The molecule has 0 saturated carbocycles. The molecule has 1 aromatic rings. The molecule has 0 bridgehead atoms. The van der Waals surface area contributed by atoms with Crippen LogP contribution in [0.4, 0.5) is 0 Å². The number of halogens is 1. The first-order chi connectivity index (χ1) is 6.33. The van der Waals surface area contributed by atoms with Crippen LogP contribution in [0.15, 0.2) is 18.2 Å². The van der Waals surface area contributed by atoms with Crippen LogP contribution >= 0.6 is 0 Å². The fourth-order valence-corrected chi connectivity index (χ4v) is 1.19. The Kier molecular flexibility index (Phi) is 12.7. The Morgan fingerprint density at radius 2 is 2.07 bits per heavy atom. The van der Waals surface area contributed by atoms with Crippen molar-refractivity contribution in [3.8, 4) is 5.75 Å². The predicted molar refractivity (Wildman–Crippen MR) is 60.8 cm³/mol. The zero-order valence-corrected chi connectivity index (χ0v) is 12.6. The second-order valence-corrected chi connectivity index (χ2v) is 3.26. The van der Waals surface area contributed by atoms with Crippen LogP contribution in [0, 0.1) is 13.0 Å². The Labute approximate surface area is 120 Å². The molecule has 0 N–H and O–H groups in total. The summed E-state index contributed by atoms with van der Waals surface area (Å²) in [5.41, 5.74) is 1.13. The molecule has 1 rings (SSSR count). The average Bonchev–Trinajstić information content (AvgIpc) is 2.13. The Bertz CT molecular complexity index is 253. The van der Waals surface area contributed by atoms with Gasteiger partial charge in [-0.1, -0.05) is 26.7 Å². The number of rotatable bonds is 5. The summed E-state index contributed by atoms with van der Waals surface area (Å²) in [6.45, 7) is 5.05. The fourth-order valence-electron chi connectivity index (χ4n) is 1.19. The Hall–Kier alpha value is 0.266. The van der Waals surface area contributed by atoms with Crippen molar-refractivity contribution in [2.45, 2.75) is 33.1 Å². The summed E-state index contributed by atoms with van der Waals surface area (Å²) in [6, 6.07) is 8.98. The molecular formula is C12H17BrMgO. The number of hydrogen-bond acceptors (Lipinski definition) is 1. The summed E-state index contributed by atoms with van der Waals surface area (Å²) >= 11 is 0. The Morgan fingerprint density at radius 3 is 2.67 bits per heavy atom. The third kappa shape index (κ3) is 8.11. The van der Waals surface area contributed by atoms with Gasteiger partial charge in [-0.3, -0.25) is 0 Å². The van der Waals surface area contributed by atoms with Crippen molar-refractivity contribution in [1.82, 2.24) is 0 Å². The number of benzene rings is 1. The molecule has 0 aromatic heterocycles. The minimum Gasteiger partial charge on any atom is -1.00 e. The van der Waals surface area contributed by atoms with Gasteiger partial charge in [0.05, 0.1) is 6.61 Å². The van der Waals surface area contributed by atoms with E-state index in [0.717, 1.165) is 24.3 Å². The van der Waals surface area contributed by atoms with E-state index in [2.05, 4.69) is 13.0 Å². The van der Waals surface area contributed by atoms with Crippen LogP contribution in [0.25, 0.3) is 0 Å². The van der Waals surface area contributed by atoms with Gasteiger partial charge in [-0.25, -0.2) is 0 Å². The summed E-state index contributed by atoms with van der Waals surface area (Å²) in [7, 11) is 0. The topological polar surface area (TPSA) is 9.23 Å². The molecule has 1 aromatic carbocycles. The van der Waals surface area contributed by atoms with Crippen molar-refractivity contribution >= 4 is 23.1 Å². The normalized spacial score (nSPS) is 8.67. The monoisotopic (exact) mass is 280 g/mol. The van der Waals surface area contributed by atoms with Crippen LogP contribution in [0.5, 0.6) is 5.75 Å². The van der Waals surface area contributed by atoms with Gasteiger partial charge >= 0.3 is 23.1 Å². The molecule has 0 saturated heterocycles. The second-order valence-electron chi connectivity index (χ2n) is 3.26. The maximum Gasteiger partial charge on any atom is 2.00 e. The SMILES string of the molecule is CCCCCOc1cc[c-]c(C)c1.[Br-].[Mg+2]. The maximum atomic E-state index is 5.57. The molecular weight excluding hydrogens is 264 g/mol. The van der Waals surface area contributed by atoms with E-state index in [1.165, 1.54) is 12.8 Å². The minimum absolute atomic E-state index is 0. The van der Waals surface area contributed by atoms with Crippen LogP contribution in [0.1, 0.15) is 31.7 Å². The molecule has 0 amide bonds. The second kappa shape index (κ2) is 10.8. The van der Waals surface area contributed by atoms with Crippen molar-refractivity contribution in [3.63, 3.8) is 0 Å². The van der Waals surface area contributed by atoms with E-state index in [1.807, 2.05) is 25.1 Å². The minimum atomic E-state index is 0. The molecule has 80 valence electrons. The Morgan fingerprint density at radius 1 is 1.33 bits per heavy atom. The van der Waals surface area contributed by atoms with Crippen molar-refractivity contribution < 1.29 is 21.7 Å². The summed E-state index contributed by atoms with van der Waals surface area (Å²) in [4.78, 5) is 0. The first kappa shape index (κ1) is 17.7. The van der Waals surface area contributed by atoms with Gasteiger partial charge in [0.1, 0.15) is 0 Å². The molecule has 0 aliphatic heterocycles. The van der Waals surface area contributed by atoms with Gasteiger partial charge in [-0.15, -0.1) is 12.1 Å². The number of ether oxygens (including phenoxy) is 1. The molecule has 0 fully saturated rings. The Balaban J connectivity index is 0. The molecule has 0 aliphatic rings. The average molecular weight is 281 g/mol. The smallest absolute Gasteiger partial charge is 1.00 e. The van der Waals surface area contributed by atoms with E-state index < -0.39 is 0 Å². The molecule has 0 heterocycles. The fraction of sp³-hybridized carbons (Fsp3) is 0.500. The van der Waals surface area contributed by atoms with Gasteiger partial charge in [-0.05, 0) is 6.42 Å². The summed E-state index contributed by atoms with van der Waals surface area (Å²) in [6.07, 6.45) is 3.64. The van der Waals surface area contributed by atoms with Crippen molar-refractivity contribution in [2.75, 3.05) is 6.61 Å². The summed E-state index contributed by atoms with van der Waals surface area (Å²) < 4.78 is 5.57. The van der Waals surface area contributed by atoms with Crippen LogP contribution in [0.3, 0.4) is 0 Å². The summed E-state index contributed by atoms with van der Waals surface area (Å²) in [5.74, 6) is 0.965. The third-order valence-electron chi connectivity index (χ3n) is 1.93. The zero-order chi connectivity index (χ0) is 9.52. The molecule has 15 heavy (non-hydrogen) atoms. The van der Waals surface area contributed by atoms with Crippen LogP contribution in [-0.4, -0.2) is 29.7 Å². The van der Waals surface area contributed by atoms with E-state index in [4.69, 9.17) is 4.74 Å². The molecule has 0 atom stereocenters. The molecule has 1 nitrogen and oxygen atoms in total. The van der Waals surface area contributed by atoms with Crippen LogP contribution in [0.2, 0.25) is 0 Å². The van der Waals surface area contributed by atoms with Gasteiger partial charge in [0.15, 0.2) is 0 Å². The van der Waals surface area contributed by atoms with Gasteiger partial charge in [-0.2, -0.15) is 17.7 Å². The number of hydrogen-bond donors (Lipinski definition) is 0. The van der Waals surface area contributed by atoms with Crippen LogP contribution < -0.4 is 21.7 Å². The van der Waals surface area contributed by atoms with Gasteiger partial charge < -0.3 is 21.7 Å². The first-order valence-electron chi connectivity index (χ1n) is 4.94. The molecule has 0 spiro atoms. The quantitative estimate of drug-likeness (QED) is 0.419. The third-order valence-corrected chi connectivity index (χ3v) is 1.93. The van der Waals surface area contributed by atoms with E-state index >= 15 is 0 Å². The van der Waals surface area contributed by atoms with Crippen LogP contribution in [-0.2, 0) is 0 Å². The van der Waals surface area contributed by atoms with Crippen molar-refractivity contribution in [1.29, 1.82) is 0 Å². The van der Waals surface area contributed by atoms with E-state index in [9.17, 15) is 0 Å². The van der Waals surface area contributed by atoms with Gasteiger partial charge in [0, 0.05) is 5.75 Å². The maximum absolute atomic E-state index is 5.57. The van der Waals surface area contributed by atoms with Gasteiger partial charge in [0.2, 0.25) is 0 Å². The number of unbranched alkanes of at least 4 members (excludes halogenated alkanes) is 2.